The van der Waals surface area contributed by atoms with Crippen molar-refractivity contribution in [1.29, 1.82) is 0 Å². The van der Waals surface area contributed by atoms with E-state index in [2.05, 4.69) is 0 Å². The van der Waals surface area contributed by atoms with Crippen LogP contribution in [-0.2, 0) is 17.6 Å². The zero-order valence-corrected chi connectivity index (χ0v) is 11.7. The Labute approximate surface area is 122 Å². The fraction of sp³-hybridized carbons (Fsp3) is 0.176. The summed E-state index contributed by atoms with van der Waals surface area (Å²) in [5, 5.41) is 9.64. The molecule has 2 amide bonds. The van der Waals surface area contributed by atoms with Crippen LogP contribution in [0.25, 0.3) is 0 Å². The van der Waals surface area contributed by atoms with Crippen LogP contribution >= 0.6 is 0 Å². The summed E-state index contributed by atoms with van der Waals surface area (Å²) in [5.41, 5.74) is 4.39. The number of nitrogens with zero attached hydrogens (tertiary/aromatic N) is 1. The average Bonchev–Trinajstić information content (AvgIpc) is 2.48. The Hall–Kier alpha value is -2.46. The molecule has 0 aromatic heterocycles. The first-order valence-corrected chi connectivity index (χ1v) is 6.79. The predicted molar refractivity (Wildman–Crippen MR) is 77.1 cm³/mol. The largest absolute Gasteiger partial charge is 0.284 e. The van der Waals surface area contributed by atoms with Gasteiger partial charge in [0.2, 0.25) is 0 Å². The van der Waals surface area contributed by atoms with Crippen LogP contribution in [0.1, 0.15) is 32.6 Å². The van der Waals surface area contributed by atoms with E-state index >= 15 is 0 Å². The number of carbonyl (C=O) groups is 2. The first kappa shape index (κ1) is 13.5. The molecule has 1 N–H and O–H groups in total. The maximum absolute atomic E-state index is 11.9. The van der Waals surface area contributed by atoms with Gasteiger partial charge in [-0.05, 0) is 36.1 Å². The van der Waals surface area contributed by atoms with Gasteiger partial charge in [0.05, 0.1) is 6.42 Å². The van der Waals surface area contributed by atoms with Crippen LogP contribution in [-0.4, -0.2) is 22.1 Å². The molecule has 4 nitrogen and oxygen atoms in total. The number of hydrogen-bond acceptors (Lipinski definition) is 3. The number of amides is 2. The minimum absolute atomic E-state index is 0.0552. The quantitative estimate of drug-likeness (QED) is 0.679. The van der Waals surface area contributed by atoms with E-state index in [-0.39, 0.29) is 11.5 Å². The normalized spacial score (nSPS) is 14.3. The van der Waals surface area contributed by atoms with Crippen LogP contribution in [0, 0.1) is 6.92 Å². The molecule has 0 fully saturated rings. The third kappa shape index (κ3) is 2.45. The van der Waals surface area contributed by atoms with Crippen molar-refractivity contribution < 1.29 is 14.8 Å². The molecule has 3 rings (SSSR count). The number of imide groups is 1. The Bertz CT molecular complexity index is 719. The van der Waals surface area contributed by atoms with E-state index in [1.165, 1.54) is 5.56 Å². The minimum Gasteiger partial charge on any atom is -0.278 e. The summed E-state index contributed by atoms with van der Waals surface area (Å²) in [6.07, 6.45) is 0.717. The smallest absolute Gasteiger partial charge is 0.278 e. The monoisotopic (exact) mass is 281 g/mol. The molecule has 0 saturated carbocycles. The summed E-state index contributed by atoms with van der Waals surface area (Å²) in [4.78, 5) is 23.6. The molecule has 1 aliphatic rings. The maximum Gasteiger partial charge on any atom is 0.284 e. The van der Waals surface area contributed by atoms with Crippen molar-refractivity contribution in [3.05, 3.63) is 70.3 Å². The van der Waals surface area contributed by atoms with Gasteiger partial charge in [-0.3, -0.25) is 14.8 Å². The van der Waals surface area contributed by atoms with Crippen molar-refractivity contribution in [2.75, 3.05) is 0 Å². The second-order valence-corrected chi connectivity index (χ2v) is 5.29. The highest BCUT2D eigenvalue weighted by Gasteiger charge is 2.31. The molecule has 106 valence electrons. The SMILES string of the molecule is Cc1ccc(Cc2cccc3c2CC(=O)N(O)C3=O)cc1. The second kappa shape index (κ2) is 5.14. The molecule has 0 aliphatic carbocycles. The van der Waals surface area contributed by atoms with E-state index in [1.54, 1.807) is 12.1 Å². The number of aryl methyl sites for hydroxylation is 1. The van der Waals surface area contributed by atoms with Gasteiger partial charge in [-0.15, -0.1) is 0 Å². The van der Waals surface area contributed by atoms with E-state index in [0.717, 1.165) is 16.7 Å². The molecule has 0 saturated heterocycles. The molecule has 21 heavy (non-hydrogen) atoms. The Balaban J connectivity index is 1.99. The van der Waals surface area contributed by atoms with Crippen molar-refractivity contribution >= 4 is 11.8 Å². The number of benzene rings is 2. The van der Waals surface area contributed by atoms with Gasteiger partial charge in [0, 0.05) is 5.56 Å². The van der Waals surface area contributed by atoms with Crippen molar-refractivity contribution in [3.63, 3.8) is 0 Å². The van der Waals surface area contributed by atoms with Crippen LogP contribution in [0.4, 0.5) is 0 Å². The van der Waals surface area contributed by atoms with E-state index in [0.29, 0.717) is 12.0 Å². The molecule has 1 aliphatic heterocycles. The lowest BCUT2D eigenvalue weighted by atomic mass is 9.91. The van der Waals surface area contributed by atoms with Crippen LogP contribution in [0.3, 0.4) is 0 Å². The minimum atomic E-state index is -0.646. The lowest BCUT2D eigenvalue weighted by Crippen LogP contribution is -2.40. The molecule has 0 spiro atoms. The van der Waals surface area contributed by atoms with Crippen LogP contribution < -0.4 is 0 Å². The zero-order chi connectivity index (χ0) is 15.0. The molecule has 2 aromatic rings. The van der Waals surface area contributed by atoms with Crippen LogP contribution in [0.5, 0.6) is 0 Å². The fourth-order valence-electron chi connectivity index (χ4n) is 2.59. The lowest BCUT2D eigenvalue weighted by molar-refractivity contribution is -0.154. The highest BCUT2D eigenvalue weighted by Crippen LogP contribution is 2.24. The number of rotatable bonds is 2. The van der Waals surface area contributed by atoms with Gasteiger partial charge in [-0.2, -0.15) is 5.06 Å². The zero-order valence-electron chi connectivity index (χ0n) is 11.7. The van der Waals surface area contributed by atoms with Crippen molar-refractivity contribution in [3.8, 4) is 0 Å². The lowest BCUT2D eigenvalue weighted by Gasteiger charge is -2.23. The topological polar surface area (TPSA) is 57.6 Å². The third-order valence-corrected chi connectivity index (χ3v) is 3.78. The number of hydrogen-bond donors (Lipinski definition) is 1. The van der Waals surface area contributed by atoms with Gasteiger partial charge in [-0.1, -0.05) is 42.0 Å². The molecule has 4 heteroatoms. The predicted octanol–water partition coefficient (Wildman–Crippen LogP) is 2.50. The van der Waals surface area contributed by atoms with E-state index in [1.807, 2.05) is 37.3 Å². The van der Waals surface area contributed by atoms with Crippen LogP contribution in [0.15, 0.2) is 42.5 Å². The van der Waals surface area contributed by atoms with Gasteiger partial charge < -0.3 is 0 Å². The molecule has 0 atom stereocenters. The van der Waals surface area contributed by atoms with E-state index in [9.17, 15) is 14.8 Å². The van der Waals surface area contributed by atoms with Crippen molar-refractivity contribution in [2.45, 2.75) is 19.8 Å². The summed E-state index contributed by atoms with van der Waals surface area (Å²) in [6, 6.07) is 13.5. The average molecular weight is 281 g/mol. The molecular formula is C17H15NO3. The number of carbonyl (C=O) groups excluding carboxylic acids is 2. The molecule has 0 radical (unpaired) electrons. The Kier molecular flexibility index (Phi) is 3.31. The van der Waals surface area contributed by atoms with Crippen molar-refractivity contribution in [1.82, 2.24) is 5.06 Å². The molecule has 0 unspecified atom stereocenters. The van der Waals surface area contributed by atoms with Gasteiger partial charge in [0.15, 0.2) is 0 Å². The Morgan fingerprint density at radius 1 is 1.10 bits per heavy atom. The summed E-state index contributed by atoms with van der Waals surface area (Å²) < 4.78 is 0. The van der Waals surface area contributed by atoms with Crippen LogP contribution in [0.2, 0.25) is 0 Å². The first-order chi connectivity index (χ1) is 10.1. The standard InChI is InChI=1S/C17H15NO3/c1-11-5-7-12(8-6-11)9-13-3-2-4-14-15(13)10-16(19)18(21)17(14)20/h2-8,21H,9-10H2,1H3. The molecular weight excluding hydrogens is 266 g/mol. The fourth-order valence-corrected chi connectivity index (χ4v) is 2.59. The molecule has 2 aromatic carbocycles. The summed E-state index contributed by atoms with van der Waals surface area (Å²) in [7, 11) is 0. The summed E-state index contributed by atoms with van der Waals surface area (Å²) >= 11 is 0. The molecule has 0 bridgehead atoms. The van der Waals surface area contributed by atoms with E-state index < -0.39 is 11.8 Å². The number of fused-ring (bicyclic) bond motifs is 1. The first-order valence-electron chi connectivity index (χ1n) is 6.79. The molecule has 1 heterocycles. The Morgan fingerprint density at radius 3 is 2.52 bits per heavy atom. The Morgan fingerprint density at radius 2 is 1.81 bits per heavy atom. The van der Waals surface area contributed by atoms with Crippen molar-refractivity contribution in [2.24, 2.45) is 0 Å². The van der Waals surface area contributed by atoms with Gasteiger partial charge in [0.25, 0.3) is 11.8 Å². The van der Waals surface area contributed by atoms with Gasteiger partial charge in [0.1, 0.15) is 0 Å². The highest BCUT2D eigenvalue weighted by atomic mass is 16.5. The highest BCUT2D eigenvalue weighted by molar-refractivity contribution is 6.08. The summed E-state index contributed by atoms with van der Waals surface area (Å²) in [6.45, 7) is 2.03. The van der Waals surface area contributed by atoms with Gasteiger partial charge >= 0.3 is 0 Å². The van der Waals surface area contributed by atoms with Gasteiger partial charge in [-0.25, -0.2) is 0 Å². The maximum atomic E-state index is 11.9. The second-order valence-electron chi connectivity index (χ2n) is 5.29. The van der Waals surface area contributed by atoms with E-state index in [4.69, 9.17) is 0 Å². The number of hydroxylamine groups is 2. The summed E-state index contributed by atoms with van der Waals surface area (Å²) in [5.74, 6) is -1.23. The third-order valence-electron chi connectivity index (χ3n) is 3.78.